The number of hydrogen-bond acceptors (Lipinski definition) is 6. The summed E-state index contributed by atoms with van der Waals surface area (Å²) in [6.45, 7) is 0. The number of carboxylic acids is 1. The summed E-state index contributed by atoms with van der Waals surface area (Å²) >= 11 is 0. The average Bonchev–Trinajstić information content (AvgIpc) is 2.76. The van der Waals surface area contributed by atoms with Crippen molar-refractivity contribution in [2.45, 2.75) is 12.8 Å². The Hall–Kier alpha value is -2.71. The molecule has 0 spiro atoms. The molecule has 2 rings (SSSR count). The maximum Gasteiger partial charge on any atom is 0.303 e. The highest BCUT2D eigenvalue weighted by Crippen LogP contribution is 2.16. The SMILES string of the molecule is Cn1ncc2c(NNC(=O)CCC(=O)O)ncnc21. The van der Waals surface area contributed by atoms with Gasteiger partial charge in [-0.05, 0) is 0 Å². The molecule has 0 aliphatic carbocycles. The van der Waals surface area contributed by atoms with Crippen LogP contribution in [0.15, 0.2) is 12.5 Å². The molecule has 2 aromatic heterocycles. The summed E-state index contributed by atoms with van der Waals surface area (Å²) in [5, 5.41) is 13.1. The van der Waals surface area contributed by atoms with E-state index < -0.39 is 11.9 Å². The van der Waals surface area contributed by atoms with Crippen molar-refractivity contribution in [2.24, 2.45) is 7.05 Å². The highest BCUT2D eigenvalue weighted by atomic mass is 16.4. The van der Waals surface area contributed by atoms with E-state index in [0.29, 0.717) is 16.9 Å². The Kier molecular flexibility index (Phi) is 3.55. The van der Waals surface area contributed by atoms with Crippen molar-refractivity contribution in [2.75, 3.05) is 5.43 Å². The Morgan fingerprint density at radius 1 is 1.37 bits per heavy atom. The van der Waals surface area contributed by atoms with Gasteiger partial charge in [-0.25, -0.2) is 9.97 Å². The quantitative estimate of drug-likeness (QED) is 0.632. The van der Waals surface area contributed by atoms with Crippen molar-refractivity contribution in [3.63, 3.8) is 0 Å². The van der Waals surface area contributed by atoms with Crippen LogP contribution in [0.5, 0.6) is 0 Å². The molecule has 2 aromatic rings. The number of hydrazine groups is 1. The number of nitrogens with one attached hydrogen (secondary N) is 2. The second-order valence-corrected chi connectivity index (χ2v) is 3.79. The van der Waals surface area contributed by atoms with E-state index in [1.165, 1.54) is 6.33 Å². The zero-order valence-electron chi connectivity index (χ0n) is 10.1. The van der Waals surface area contributed by atoms with Crippen LogP contribution < -0.4 is 10.9 Å². The molecule has 0 radical (unpaired) electrons. The molecular weight excluding hydrogens is 252 g/mol. The first-order valence-corrected chi connectivity index (χ1v) is 5.47. The summed E-state index contributed by atoms with van der Waals surface area (Å²) in [5.74, 6) is -1.05. The van der Waals surface area contributed by atoms with Crippen molar-refractivity contribution in [1.29, 1.82) is 0 Å². The third-order valence-corrected chi connectivity index (χ3v) is 2.42. The van der Waals surface area contributed by atoms with Crippen LogP contribution in [0.1, 0.15) is 12.8 Å². The van der Waals surface area contributed by atoms with E-state index in [0.717, 1.165) is 0 Å². The number of hydrogen-bond donors (Lipinski definition) is 3. The molecule has 0 fully saturated rings. The molecule has 19 heavy (non-hydrogen) atoms. The fourth-order valence-electron chi connectivity index (χ4n) is 1.47. The number of amides is 1. The Bertz CT molecular complexity index is 623. The lowest BCUT2D eigenvalue weighted by molar-refractivity contribution is -0.138. The fraction of sp³-hybridized carbons (Fsp3) is 0.300. The summed E-state index contributed by atoms with van der Waals surface area (Å²) in [6, 6.07) is 0. The molecule has 0 aliphatic heterocycles. The highest BCUT2D eigenvalue weighted by Gasteiger charge is 2.09. The van der Waals surface area contributed by atoms with Gasteiger partial charge in [0.2, 0.25) is 5.91 Å². The number of aliphatic carboxylic acids is 1. The van der Waals surface area contributed by atoms with Gasteiger partial charge >= 0.3 is 5.97 Å². The summed E-state index contributed by atoms with van der Waals surface area (Å²) in [5.41, 5.74) is 5.63. The lowest BCUT2D eigenvalue weighted by atomic mass is 10.3. The van der Waals surface area contributed by atoms with Gasteiger partial charge in [-0.1, -0.05) is 0 Å². The van der Waals surface area contributed by atoms with E-state index in [9.17, 15) is 9.59 Å². The topological polar surface area (TPSA) is 122 Å². The first-order valence-electron chi connectivity index (χ1n) is 5.47. The maximum atomic E-state index is 11.4. The van der Waals surface area contributed by atoms with Gasteiger partial charge in [-0.3, -0.25) is 25.1 Å². The molecule has 0 unspecified atom stereocenters. The number of rotatable bonds is 5. The van der Waals surface area contributed by atoms with Gasteiger partial charge in [0.25, 0.3) is 0 Å². The minimum atomic E-state index is -1.02. The molecule has 0 aromatic carbocycles. The van der Waals surface area contributed by atoms with Gasteiger partial charge in [0.05, 0.1) is 18.0 Å². The molecule has 100 valence electrons. The van der Waals surface area contributed by atoms with Crippen molar-refractivity contribution < 1.29 is 14.7 Å². The van der Waals surface area contributed by atoms with E-state index in [4.69, 9.17) is 5.11 Å². The smallest absolute Gasteiger partial charge is 0.303 e. The molecule has 0 saturated heterocycles. The number of anilines is 1. The van der Waals surface area contributed by atoms with E-state index in [-0.39, 0.29) is 12.8 Å². The number of carboxylic acid groups (broad SMARTS) is 1. The number of fused-ring (bicyclic) bond motifs is 1. The molecule has 1 amide bonds. The highest BCUT2D eigenvalue weighted by molar-refractivity contribution is 5.87. The third kappa shape index (κ3) is 2.94. The first-order chi connectivity index (χ1) is 9.08. The monoisotopic (exact) mass is 264 g/mol. The molecule has 0 aliphatic rings. The predicted molar refractivity (Wildman–Crippen MR) is 64.9 cm³/mol. The Labute approximate surface area is 107 Å². The molecule has 3 N–H and O–H groups in total. The number of aromatic nitrogens is 4. The van der Waals surface area contributed by atoms with Crippen LogP contribution in [0.25, 0.3) is 11.0 Å². The molecule has 0 saturated carbocycles. The van der Waals surface area contributed by atoms with Crippen LogP contribution in [0.3, 0.4) is 0 Å². The largest absolute Gasteiger partial charge is 0.481 e. The normalized spacial score (nSPS) is 10.4. The predicted octanol–water partition coefficient (Wildman–Crippen LogP) is -0.329. The van der Waals surface area contributed by atoms with E-state index >= 15 is 0 Å². The third-order valence-electron chi connectivity index (χ3n) is 2.42. The molecule has 9 nitrogen and oxygen atoms in total. The Morgan fingerprint density at radius 2 is 2.16 bits per heavy atom. The van der Waals surface area contributed by atoms with Crippen LogP contribution >= 0.6 is 0 Å². The lowest BCUT2D eigenvalue weighted by Gasteiger charge is -2.07. The number of carbonyl (C=O) groups excluding carboxylic acids is 1. The van der Waals surface area contributed by atoms with Crippen LogP contribution in [0, 0.1) is 0 Å². The Morgan fingerprint density at radius 3 is 2.89 bits per heavy atom. The molecule has 0 atom stereocenters. The van der Waals surface area contributed by atoms with Gasteiger partial charge in [0, 0.05) is 13.5 Å². The van der Waals surface area contributed by atoms with Gasteiger partial charge in [-0.2, -0.15) is 5.10 Å². The van der Waals surface area contributed by atoms with Gasteiger partial charge < -0.3 is 5.11 Å². The zero-order valence-corrected chi connectivity index (χ0v) is 10.1. The van der Waals surface area contributed by atoms with E-state index in [2.05, 4.69) is 25.9 Å². The average molecular weight is 264 g/mol. The minimum absolute atomic E-state index is 0.108. The molecule has 0 bridgehead atoms. The van der Waals surface area contributed by atoms with Gasteiger partial charge in [0.15, 0.2) is 11.5 Å². The fourth-order valence-corrected chi connectivity index (χ4v) is 1.47. The number of carbonyl (C=O) groups is 2. The Balaban J connectivity index is 2.02. The van der Waals surface area contributed by atoms with E-state index in [1.54, 1.807) is 17.9 Å². The minimum Gasteiger partial charge on any atom is -0.481 e. The first kappa shape index (κ1) is 12.7. The van der Waals surface area contributed by atoms with Crippen molar-refractivity contribution in [3.8, 4) is 0 Å². The second kappa shape index (κ2) is 5.29. The van der Waals surface area contributed by atoms with Gasteiger partial charge in [-0.15, -0.1) is 0 Å². The van der Waals surface area contributed by atoms with E-state index in [1.807, 2.05) is 0 Å². The standard InChI is InChI=1S/C10H12N6O3/c1-16-10-6(4-13-16)9(11-5-12-10)15-14-7(17)2-3-8(18)19/h4-5H,2-3H2,1H3,(H,14,17)(H,18,19)(H,11,12,15). The van der Waals surface area contributed by atoms with Crippen LogP contribution in [-0.2, 0) is 16.6 Å². The summed E-state index contributed by atoms with van der Waals surface area (Å²) in [6.07, 6.45) is 2.58. The van der Waals surface area contributed by atoms with Crippen molar-refractivity contribution in [1.82, 2.24) is 25.2 Å². The molecular formula is C10H12N6O3. The van der Waals surface area contributed by atoms with Crippen LogP contribution in [0.2, 0.25) is 0 Å². The second-order valence-electron chi connectivity index (χ2n) is 3.79. The lowest BCUT2D eigenvalue weighted by Crippen LogP contribution is -2.30. The summed E-state index contributed by atoms with van der Waals surface area (Å²) in [7, 11) is 1.74. The van der Waals surface area contributed by atoms with Crippen molar-refractivity contribution in [3.05, 3.63) is 12.5 Å². The zero-order chi connectivity index (χ0) is 13.8. The van der Waals surface area contributed by atoms with Crippen molar-refractivity contribution >= 4 is 28.7 Å². The maximum absolute atomic E-state index is 11.4. The molecule has 2 heterocycles. The molecule has 9 heteroatoms. The van der Waals surface area contributed by atoms with Crippen LogP contribution in [0.4, 0.5) is 5.82 Å². The summed E-state index contributed by atoms with van der Waals surface area (Å²) in [4.78, 5) is 29.7. The van der Waals surface area contributed by atoms with Gasteiger partial charge in [0.1, 0.15) is 6.33 Å². The number of aryl methyl sites for hydroxylation is 1. The van der Waals surface area contributed by atoms with Crippen LogP contribution in [-0.4, -0.2) is 36.7 Å². The number of nitrogens with zero attached hydrogens (tertiary/aromatic N) is 4. The summed E-state index contributed by atoms with van der Waals surface area (Å²) < 4.78 is 1.58.